The van der Waals surface area contributed by atoms with Crippen LogP contribution in [0, 0.1) is 23.2 Å². The summed E-state index contributed by atoms with van der Waals surface area (Å²) in [4.78, 5) is 25.7. The van der Waals surface area contributed by atoms with Crippen molar-refractivity contribution in [2.75, 3.05) is 13.1 Å². The smallest absolute Gasteiger partial charge is 0.317 e. The Bertz CT molecular complexity index is 451. The zero-order chi connectivity index (χ0) is 15.2. The highest BCUT2D eigenvalue weighted by Gasteiger charge is 2.56. The Morgan fingerprint density at radius 1 is 1.43 bits per heavy atom. The zero-order valence-corrected chi connectivity index (χ0v) is 13.0. The minimum absolute atomic E-state index is 0.0544. The molecule has 2 N–H and O–H groups in total. The molecule has 5 heteroatoms. The zero-order valence-electron chi connectivity index (χ0n) is 13.0. The van der Waals surface area contributed by atoms with Crippen molar-refractivity contribution < 1.29 is 14.7 Å². The fourth-order valence-electron chi connectivity index (χ4n) is 4.33. The number of amides is 2. The van der Waals surface area contributed by atoms with E-state index in [4.69, 9.17) is 0 Å². The third kappa shape index (κ3) is 2.62. The molecule has 4 atom stereocenters. The lowest BCUT2D eigenvalue weighted by Gasteiger charge is -2.23. The van der Waals surface area contributed by atoms with Gasteiger partial charge >= 0.3 is 12.0 Å². The number of likely N-dealkylation sites (tertiary alicyclic amines) is 1. The summed E-state index contributed by atoms with van der Waals surface area (Å²) in [6, 6.07) is 0.252. The summed E-state index contributed by atoms with van der Waals surface area (Å²) in [5.74, 6) is 0.707. The highest BCUT2D eigenvalue weighted by molar-refractivity contribution is 5.80. The lowest BCUT2D eigenvalue weighted by molar-refractivity contribution is -0.149. The molecule has 0 aromatic heterocycles. The minimum atomic E-state index is -0.718. The van der Waals surface area contributed by atoms with Gasteiger partial charge in [0.2, 0.25) is 0 Å². The average molecular weight is 294 g/mol. The number of nitrogens with zero attached hydrogens (tertiary/aromatic N) is 1. The molecule has 1 heterocycles. The SMILES string of the molecule is CC(C)C[C@@H]1C[C@H]1NC(=O)N1C[C@@H]2CCC[C@@]2(C(=O)O)C1. The van der Waals surface area contributed by atoms with Crippen LogP contribution >= 0.6 is 0 Å². The Morgan fingerprint density at radius 2 is 2.19 bits per heavy atom. The van der Waals surface area contributed by atoms with Crippen LogP contribution in [0.2, 0.25) is 0 Å². The van der Waals surface area contributed by atoms with E-state index in [2.05, 4.69) is 19.2 Å². The number of hydrogen-bond donors (Lipinski definition) is 2. The van der Waals surface area contributed by atoms with Crippen molar-refractivity contribution >= 4 is 12.0 Å². The van der Waals surface area contributed by atoms with E-state index in [0.717, 1.165) is 32.1 Å². The van der Waals surface area contributed by atoms with Gasteiger partial charge in [-0.3, -0.25) is 4.79 Å². The molecule has 1 saturated heterocycles. The van der Waals surface area contributed by atoms with E-state index in [1.54, 1.807) is 4.90 Å². The number of carbonyl (C=O) groups excluding carboxylic acids is 1. The van der Waals surface area contributed by atoms with Crippen molar-refractivity contribution in [3.05, 3.63) is 0 Å². The number of urea groups is 1. The fourth-order valence-corrected chi connectivity index (χ4v) is 4.33. The standard InChI is InChI=1S/C16H26N2O3/c1-10(2)6-11-7-13(11)17-15(21)18-8-12-4-3-5-16(12,9-18)14(19)20/h10-13H,3-9H2,1-2H3,(H,17,21)(H,19,20)/t11-,12+,13-,16-/m1/s1. The Kier molecular flexibility index (Phi) is 3.62. The highest BCUT2D eigenvalue weighted by atomic mass is 16.4. The topological polar surface area (TPSA) is 69.6 Å². The second-order valence-electron chi connectivity index (χ2n) is 7.61. The molecule has 2 aliphatic carbocycles. The van der Waals surface area contributed by atoms with Gasteiger partial charge in [0.1, 0.15) is 0 Å². The summed E-state index contributed by atoms with van der Waals surface area (Å²) in [6.45, 7) is 5.41. The van der Waals surface area contributed by atoms with Crippen LogP contribution in [0.4, 0.5) is 4.79 Å². The predicted octanol–water partition coefficient (Wildman–Crippen LogP) is 2.32. The van der Waals surface area contributed by atoms with E-state index in [1.165, 1.54) is 0 Å². The molecular formula is C16H26N2O3. The molecule has 0 spiro atoms. The maximum atomic E-state index is 12.3. The highest BCUT2D eigenvalue weighted by Crippen LogP contribution is 2.49. The summed E-state index contributed by atoms with van der Waals surface area (Å²) in [5, 5.41) is 12.6. The summed E-state index contributed by atoms with van der Waals surface area (Å²) in [7, 11) is 0. The van der Waals surface area contributed by atoms with Crippen molar-refractivity contribution in [2.24, 2.45) is 23.2 Å². The minimum Gasteiger partial charge on any atom is -0.481 e. The molecule has 3 fully saturated rings. The number of carbonyl (C=O) groups is 2. The van der Waals surface area contributed by atoms with Gasteiger partial charge in [-0.25, -0.2) is 4.79 Å². The van der Waals surface area contributed by atoms with Crippen molar-refractivity contribution in [3.63, 3.8) is 0 Å². The Morgan fingerprint density at radius 3 is 2.81 bits per heavy atom. The van der Waals surface area contributed by atoms with Crippen LogP contribution in [0.5, 0.6) is 0 Å². The number of rotatable bonds is 4. The summed E-state index contributed by atoms with van der Waals surface area (Å²) >= 11 is 0. The molecule has 118 valence electrons. The predicted molar refractivity (Wildman–Crippen MR) is 78.9 cm³/mol. The first-order valence-electron chi connectivity index (χ1n) is 8.21. The van der Waals surface area contributed by atoms with Crippen molar-refractivity contribution in [1.82, 2.24) is 10.2 Å². The first kappa shape index (κ1) is 14.7. The molecule has 0 unspecified atom stereocenters. The summed E-state index contributed by atoms with van der Waals surface area (Å²) < 4.78 is 0. The number of fused-ring (bicyclic) bond motifs is 1. The van der Waals surface area contributed by atoms with Crippen LogP contribution in [-0.2, 0) is 4.79 Å². The molecule has 3 aliphatic rings. The Balaban J connectivity index is 1.55. The Labute approximate surface area is 126 Å². The van der Waals surface area contributed by atoms with Crippen LogP contribution in [0.3, 0.4) is 0 Å². The van der Waals surface area contributed by atoms with Gasteiger partial charge in [0.15, 0.2) is 0 Å². The first-order valence-corrected chi connectivity index (χ1v) is 8.21. The number of nitrogens with one attached hydrogen (secondary N) is 1. The first-order chi connectivity index (χ1) is 9.92. The maximum Gasteiger partial charge on any atom is 0.317 e. The van der Waals surface area contributed by atoms with Gasteiger partial charge in [-0.05, 0) is 43.4 Å². The molecule has 21 heavy (non-hydrogen) atoms. The van der Waals surface area contributed by atoms with Crippen LogP contribution in [0.25, 0.3) is 0 Å². The van der Waals surface area contributed by atoms with Crippen molar-refractivity contribution in [2.45, 2.75) is 52.0 Å². The number of carboxylic acid groups (broad SMARTS) is 1. The fraction of sp³-hybridized carbons (Fsp3) is 0.875. The molecule has 0 aromatic rings. The monoisotopic (exact) mass is 294 g/mol. The third-order valence-electron chi connectivity index (χ3n) is 5.59. The van der Waals surface area contributed by atoms with E-state index in [-0.39, 0.29) is 11.9 Å². The molecule has 0 bridgehead atoms. The van der Waals surface area contributed by atoms with Gasteiger partial charge in [-0.15, -0.1) is 0 Å². The lowest BCUT2D eigenvalue weighted by atomic mass is 9.81. The van der Waals surface area contributed by atoms with Crippen LogP contribution in [0.1, 0.15) is 46.0 Å². The maximum absolute atomic E-state index is 12.3. The largest absolute Gasteiger partial charge is 0.481 e. The van der Waals surface area contributed by atoms with E-state index >= 15 is 0 Å². The van der Waals surface area contributed by atoms with Gasteiger partial charge < -0.3 is 15.3 Å². The number of hydrogen-bond acceptors (Lipinski definition) is 2. The van der Waals surface area contributed by atoms with Gasteiger partial charge in [0.25, 0.3) is 0 Å². The van der Waals surface area contributed by atoms with Crippen molar-refractivity contribution in [3.8, 4) is 0 Å². The number of aliphatic carboxylic acids is 1. The van der Waals surface area contributed by atoms with E-state index in [1.807, 2.05) is 0 Å². The molecular weight excluding hydrogens is 268 g/mol. The molecule has 2 saturated carbocycles. The van der Waals surface area contributed by atoms with E-state index in [9.17, 15) is 14.7 Å². The van der Waals surface area contributed by atoms with Gasteiger partial charge in [-0.1, -0.05) is 20.3 Å². The average Bonchev–Trinajstić information content (AvgIpc) is 2.85. The molecule has 0 aromatic carbocycles. The van der Waals surface area contributed by atoms with E-state index < -0.39 is 11.4 Å². The second kappa shape index (κ2) is 5.18. The van der Waals surface area contributed by atoms with Gasteiger partial charge in [-0.2, -0.15) is 0 Å². The quantitative estimate of drug-likeness (QED) is 0.836. The molecule has 1 aliphatic heterocycles. The third-order valence-corrected chi connectivity index (χ3v) is 5.59. The summed E-state index contributed by atoms with van der Waals surface area (Å²) in [6.07, 6.45) is 4.87. The van der Waals surface area contributed by atoms with Crippen LogP contribution < -0.4 is 5.32 Å². The lowest BCUT2D eigenvalue weighted by Crippen LogP contribution is -2.42. The molecule has 5 nitrogen and oxygen atoms in total. The van der Waals surface area contributed by atoms with Crippen molar-refractivity contribution in [1.29, 1.82) is 0 Å². The molecule has 3 rings (SSSR count). The van der Waals surface area contributed by atoms with Gasteiger partial charge in [0, 0.05) is 19.1 Å². The summed E-state index contributed by atoms with van der Waals surface area (Å²) in [5.41, 5.74) is -0.668. The molecule has 2 amide bonds. The molecule has 0 radical (unpaired) electrons. The second-order valence-corrected chi connectivity index (χ2v) is 7.61. The normalized spacial score (nSPS) is 37.7. The number of carboxylic acids is 1. The van der Waals surface area contributed by atoms with Gasteiger partial charge in [0.05, 0.1) is 5.41 Å². The van der Waals surface area contributed by atoms with Crippen LogP contribution in [-0.4, -0.2) is 41.1 Å². The van der Waals surface area contributed by atoms with E-state index in [0.29, 0.717) is 31.0 Å². The Hall–Kier alpha value is -1.26. The van der Waals surface area contributed by atoms with Crippen LogP contribution in [0.15, 0.2) is 0 Å².